The lowest BCUT2D eigenvalue weighted by Gasteiger charge is -2.15. The van der Waals surface area contributed by atoms with Crippen molar-refractivity contribution in [1.29, 1.82) is 0 Å². The monoisotopic (exact) mass is 613 g/mol. The third-order valence-electron chi connectivity index (χ3n) is 6.35. The van der Waals surface area contributed by atoms with Gasteiger partial charge >= 0.3 is 0 Å². The maximum Gasteiger partial charge on any atom is 0.272 e. The summed E-state index contributed by atoms with van der Waals surface area (Å²) < 4.78 is 5.50. The Hall–Kier alpha value is -4.53. The van der Waals surface area contributed by atoms with E-state index in [1.165, 1.54) is 11.8 Å². The van der Waals surface area contributed by atoms with Crippen molar-refractivity contribution < 1.29 is 19.1 Å². The van der Waals surface area contributed by atoms with E-state index >= 15 is 0 Å². The van der Waals surface area contributed by atoms with E-state index in [4.69, 9.17) is 16.3 Å². The number of benzene rings is 4. The van der Waals surface area contributed by atoms with Crippen molar-refractivity contribution in [3.8, 4) is 5.75 Å². The normalized spacial score (nSPS) is 11.8. The van der Waals surface area contributed by atoms with Gasteiger partial charge in [0, 0.05) is 26.9 Å². The highest BCUT2D eigenvalue weighted by atomic mass is 35.5. The van der Waals surface area contributed by atoms with E-state index < -0.39 is 11.8 Å². The second-order valence-corrected chi connectivity index (χ2v) is 11.3. The minimum atomic E-state index is -0.483. The van der Waals surface area contributed by atoms with E-state index in [0.717, 1.165) is 10.5 Å². The van der Waals surface area contributed by atoms with Gasteiger partial charge in [0.1, 0.15) is 11.4 Å². The number of hydrogen-bond acceptors (Lipinski definition) is 5. The van der Waals surface area contributed by atoms with Crippen LogP contribution in [0.3, 0.4) is 0 Å². The summed E-state index contributed by atoms with van der Waals surface area (Å²) in [6.45, 7) is 6.13. The number of amides is 3. The van der Waals surface area contributed by atoms with Crippen molar-refractivity contribution in [2.45, 2.75) is 30.9 Å². The van der Waals surface area contributed by atoms with Crippen molar-refractivity contribution in [3.63, 3.8) is 0 Å². The molecule has 0 fully saturated rings. The fourth-order valence-electron chi connectivity index (χ4n) is 3.99. The van der Waals surface area contributed by atoms with Crippen LogP contribution in [-0.4, -0.2) is 29.6 Å². The lowest BCUT2D eigenvalue weighted by atomic mass is 10.1. The Morgan fingerprint density at radius 2 is 1.58 bits per heavy atom. The Bertz CT molecular complexity index is 1610. The van der Waals surface area contributed by atoms with Gasteiger partial charge in [-0.1, -0.05) is 48.0 Å². The van der Waals surface area contributed by atoms with Crippen LogP contribution in [0.15, 0.2) is 108 Å². The molecular formula is C34H32ClN3O4S. The second-order valence-electron chi connectivity index (χ2n) is 9.52. The van der Waals surface area contributed by atoms with Gasteiger partial charge in [-0.05, 0) is 98.6 Å². The van der Waals surface area contributed by atoms with Crippen LogP contribution in [0.2, 0.25) is 5.02 Å². The molecule has 0 aliphatic carbocycles. The molecule has 0 aliphatic heterocycles. The van der Waals surface area contributed by atoms with Crippen molar-refractivity contribution in [2.75, 3.05) is 17.2 Å². The quantitative estimate of drug-likeness (QED) is 0.120. The van der Waals surface area contributed by atoms with Crippen LogP contribution in [0.5, 0.6) is 5.75 Å². The predicted molar refractivity (Wildman–Crippen MR) is 175 cm³/mol. The summed E-state index contributed by atoms with van der Waals surface area (Å²) in [5, 5.41) is 8.73. The van der Waals surface area contributed by atoms with Crippen LogP contribution in [0.25, 0.3) is 6.08 Å². The molecule has 43 heavy (non-hydrogen) atoms. The van der Waals surface area contributed by atoms with Gasteiger partial charge in [0.15, 0.2) is 0 Å². The molecule has 7 nitrogen and oxygen atoms in total. The largest absolute Gasteiger partial charge is 0.494 e. The third-order valence-corrected chi connectivity index (χ3v) is 7.87. The third kappa shape index (κ3) is 8.98. The molecule has 0 heterocycles. The predicted octanol–water partition coefficient (Wildman–Crippen LogP) is 7.58. The van der Waals surface area contributed by atoms with Crippen molar-refractivity contribution in [2.24, 2.45) is 0 Å². The summed E-state index contributed by atoms with van der Waals surface area (Å²) in [4.78, 5) is 39.9. The number of thioether (sulfide) groups is 1. The van der Waals surface area contributed by atoms with Crippen LogP contribution in [0.1, 0.15) is 35.3 Å². The van der Waals surface area contributed by atoms with Gasteiger partial charge in [-0.25, -0.2) is 0 Å². The van der Waals surface area contributed by atoms with Gasteiger partial charge in [0.05, 0.1) is 11.9 Å². The molecule has 0 spiro atoms. The summed E-state index contributed by atoms with van der Waals surface area (Å²) >= 11 is 7.56. The summed E-state index contributed by atoms with van der Waals surface area (Å²) in [5.41, 5.74) is 3.25. The van der Waals surface area contributed by atoms with E-state index in [1.54, 1.807) is 66.7 Å². The Labute approximate surface area is 260 Å². The number of nitrogens with one attached hydrogen (secondary N) is 3. The molecule has 0 radical (unpaired) electrons. The van der Waals surface area contributed by atoms with E-state index in [0.29, 0.717) is 39.9 Å². The highest BCUT2D eigenvalue weighted by Gasteiger charge is 2.18. The van der Waals surface area contributed by atoms with Crippen LogP contribution < -0.4 is 20.7 Å². The lowest BCUT2D eigenvalue weighted by Crippen LogP contribution is -2.30. The molecule has 4 aromatic rings. The van der Waals surface area contributed by atoms with Crippen LogP contribution >= 0.6 is 23.4 Å². The lowest BCUT2D eigenvalue weighted by molar-refractivity contribution is -0.115. The molecule has 4 rings (SSSR count). The molecule has 1 atom stereocenters. The summed E-state index contributed by atoms with van der Waals surface area (Å²) in [5.74, 6) is -0.322. The number of carbonyl (C=O) groups is 3. The Kier molecular flexibility index (Phi) is 11.0. The number of carbonyl (C=O) groups excluding carboxylic acids is 3. The maximum absolute atomic E-state index is 13.3. The first kappa shape index (κ1) is 31.4. The molecule has 3 amide bonds. The average molecular weight is 614 g/mol. The Balaban J connectivity index is 1.44. The molecule has 0 aromatic heterocycles. The van der Waals surface area contributed by atoms with Gasteiger partial charge in [-0.2, -0.15) is 0 Å². The van der Waals surface area contributed by atoms with E-state index in [-0.39, 0.29) is 16.9 Å². The first-order chi connectivity index (χ1) is 20.7. The molecule has 0 saturated carbocycles. The van der Waals surface area contributed by atoms with E-state index in [2.05, 4.69) is 16.0 Å². The van der Waals surface area contributed by atoms with Gasteiger partial charge in [-0.3, -0.25) is 14.4 Å². The van der Waals surface area contributed by atoms with Gasteiger partial charge in [0.2, 0.25) is 5.91 Å². The Morgan fingerprint density at radius 1 is 0.884 bits per heavy atom. The maximum atomic E-state index is 13.3. The molecular weight excluding hydrogens is 582 g/mol. The molecule has 1 unspecified atom stereocenters. The zero-order chi connectivity index (χ0) is 30.8. The molecule has 4 aromatic carbocycles. The van der Waals surface area contributed by atoms with Gasteiger partial charge in [0.25, 0.3) is 11.8 Å². The van der Waals surface area contributed by atoms with Crippen molar-refractivity contribution >= 4 is 58.5 Å². The van der Waals surface area contributed by atoms with E-state index in [1.807, 2.05) is 57.2 Å². The number of hydrogen-bond donors (Lipinski definition) is 3. The number of rotatable bonds is 11. The standard InChI is InChI=1S/C34H32ClN3O4S/c1-4-42-27-17-13-24(14-18-27)21-31(38-33(40)25-9-6-5-7-10-25)34(41)36-26-15-19-28(20-16-26)43-23(3)32(39)37-30-12-8-11-29(35)22(30)2/h5-21,23H,4H2,1-3H3,(H,36,41)(H,37,39)(H,38,40)/b31-21-. The van der Waals surface area contributed by atoms with Gasteiger partial charge in [-0.15, -0.1) is 11.8 Å². The van der Waals surface area contributed by atoms with Crippen molar-refractivity contribution in [1.82, 2.24) is 5.32 Å². The first-order valence-corrected chi connectivity index (χ1v) is 14.9. The zero-order valence-electron chi connectivity index (χ0n) is 24.0. The fourth-order valence-corrected chi connectivity index (χ4v) is 5.03. The summed E-state index contributed by atoms with van der Waals surface area (Å²) in [6.07, 6.45) is 1.61. The number of ether oxygens (including phenoxy) is 1. The first-order valence-electron chi connectivity index (χ1n) is 13.7. The number of halogens is 1. The molecule has 220 valence electrons. The minimum Gasteiger partial charge on any atom is -0.494 e. The van der Waals surface area contributed by atoms with Crippen LogP contribution in [-0.2, 0) is 9.59 Å². The summed E-state index contributed by atoms with van der Waals surface area (Å²) in [6, 6.07) is 28.4. The molecule has 9 heteroatoms. The fraction of sp³-hybridized carbons (Fsp3) is 0.147. The molecule has 0 bridgehead atoms. The minimum absolute atomic E-state index is 0.0815. The number of anilines is 2. The Morgan fingerprint density at radius 3 is 2.26 bits per heavy atom. The molecule has 0 saturated heterocycles. The van der Waals surface area contributed by atoms with Gasteiger partial charge < -0.3 is 20.7 Å². The van der Waals surface area contributed by atoms with Crippen LogP contribution in [0, 0.1) is 6.92 Å². The SMILES string of the molecule is CCOc1ccc(/C=C(\NC(=O)c2ccccc2)C(=O)Nc2ccc(SC(C)C(=O)Nc3cccc(Cl)c3C)cc2)cc1. The molecule has 0 aliphatic rings. The molecule has 3 N–H and O–H groups in total. The van der Waals surface area contributed by atoms with Crippen LogP contribution in [0.4, 0.5) is 11.4 Å². The zero-order valence-corrected chi connectivity index (χ0v) is 25.6. The van der Waals surface area contributed by atoms with E-state index in [9.17, 15) is 14.4 Å². The smallest absolute Gasteiger partial charge is 0.272 e. The average Bonchev–Trinajstić information content (AvgIpc) is 3.01. The van der Waals surface area contributed by atoms with Crippen molar-refractivity contribution in [3.05, 3.63) is 124 Å². The summed E-state index contributed by atoms with van der Waals surface area (Å²) in [7, 11) is 0. The highest BCUT2D eigenvalue weighted by molar-refractivity contribution is 8.00. The second kappa shape index (κ2) is 15.1. The topological polar surface area (TPSA) is 96.5 Å². The highest BCUT2D eigenvalue weighted by Crippen LogP contribution is 2.28.